The molecule has 8 heteroatoms. The van der Waals surface area contributed by atoms with Gasteiger partial charge in [0.25, 0.3) is 0 Å². The summed E-state index contributed by atoms with van der Waals surface area (Å²) in [4.78, 5) is 29.4. The van der Waals surface area contributed by atoms with Gasteiger partial charge in [0.2, 0.25) is 0 Å². The minimum Gasteiger partial charge on any atom is -0.493 e. The molecule has 31 heavy (non-hydrogen) atoms. The first-order valence-corrected chi connectivity index (χ1v) is 10.2. The Morgan fingerprint density at radius 2 is 1.39 bits per heavy atom. The number of benzene rings is 3. The second kappa shape index (κ2) is 8.61. The molecule has 7 nitrogen and oxygen atoms in total. The molecule has 0 aliphatic carbocycles. The first kappa shape index (κ1) is 20.6. The molecule has 2 amide bonds. The summed E-state index contributed by atoms with van der Waals surface area (Å²) in [5.41, 5.74) is 1.91. The number of hydrogen-bond acceptors (Lipinski definition) is 6. The van der Waals surface area contributed by atoms with Crippen molar-refractivity contribution >= 4 is 40.8 Å². The molecule has 0 bridgehead atoms. The van der Waals surface area contributed by atoms with Gasteiger partial charge in [0, 0.05) is 21.9 Å². The number of carbonyl (C=O) groups excluding carboxylic acids is 2. The van der Waals surface area contributed by atoms with E-state index in [-0.39, 0.29) is 11.3 Å². The number of rotatable bonds is 4. The maximum Gasteiger partial charge on any atom is 0.340 e. The summed E-state index contributed by atoms with van der Waals surface area (Å²) in [6.45, 7) is 0. The van der Waals surface area contributed by atoms with Crippen molar-refractivity contribution in [1.29, 1.82) is 0 Å². The van der Waals surface area contributed by atoms with Gasteiger partial charge in [0.05, 0.1) is 44.0 Å². The highest BCUT2D eigenvalue weighted by atomic mass is 32.2. The summed E-state index contributed by atoms with van der Waals surface area (Å²) in [7, 11) is 4.23. The number of methoxy groups -OCH3 is 3. The fourth-order valence-corrected chi connectivity index (χ4v) is 4.41. The number of esters is 1. The van der Waals surface area contributed by atoms with Crippen LogP contribution in [0.25, 0.3) is 0 Å². The number of anilines is 3. The topological polar surface area (TPSA) is 77.1 Å². The molecule has 0 saturated heterocycles. The summed E-state index contributed by atoms with van der Waals surface area (Å²) in [6.07, 6.45) is 0. The summed E-state index contributed by atoms with van der Waals surface area (Å²) < 4.78 is 15.5. The molecule has 1 heterocycles. The molecular weight excluding hydrogens is 416 g/mol. The van der Waals surface area contributed by atoms with Gasteiger partial charge in [-0.3, -0.25) is 4.90 Å². The molecule has 1 N–H and O–H groups in total. The number of urea groups is 1. The van der Waals surface area contributed by atoms with E-state index in [1.165, 1.54) is 27.4 Å². The first-order chi connectivity index (χ1) is 15.1. The van der Waals surface area contributed by atoms with Gasteiger partial charge in [-0.1, -0.05) is 36.0 Å². The van der Waals surface area contributed by atoms with E-state index in [0.29, 0.717) is 11.5 Å². The van der Waals surface area contributed by atoms with Crippen LogP contribution in [0.2, 0.25) is 0 Å². The molecule has 3 aromatic rings. The van der Waals surface area contributed by atoms with Crippen molar-refractivity contribution in [1.82, 2.24) is 0 Å². The van der Waals surface area contributed by atoms with E-state index in [4.69, 9.17) is 14.2 Å². The summed E-state index contributed by atoms with van der Waals surface area (Å²) in [5.74, 6) is 0.123. The standard InChI is InChI=1S/C23H20N2O5S/c1-28-18-12-14(22(26)30-3)15(13-19(18)29-2)24-23(27)25-16-8-4-6-10-20(16)31-21-11-7-5-9-17(21)25/h4-13H,1-3H3,(H,24,27). The van der Waals surface area contributed by atoms with E-state index >= 15 is 0 Å². The smallest absolute Gasteiger partial charge is 0.340 e. The molecule has 0 saturated carbocycles. The van der Waals surface area contributed by atoms with Gasteiger partial charge in [-0.25, -0.2) is 9.59 Å². The highest BCUT2D eigenvalue weighted by molar-refractivity contribution is 7.99. The van der Waals surface area contributed by atoms with Gasteiger partial charge < -0.3 is 19.5 Å². The van der Waals surface area contributed by atoms with Crippen LogP contribution < -0.4 is 19.7 Å². The third-order valence-electron chi connectivity index (χ3n) is 4.81. The summed E-state index contributed by atoms with van der Waals surface area (Å²) in [6, 6.07) is 17.9. The zero-order valence-corrected chi connectivity index (χ0v) is 18.0. The van der Waals surface area contributed by atoms with Gasteiger partial charge >= 0.3 is 12.0 Å². The highest BCUT2D eigenvalue weighted by Gasteiger charge is 2.29. The number of nitrogens with zero attached hydrogens (tertiary/aromatic N) is 1. The minimum atomic E-state index is -0.605. The van der Waals surface area contributed by atoms with Crippen molar-refractivity contribution in [3.8, 4) is 11.5 Å². The van der Waals surface area contributed by atoms with E-state index in [2.05, 4.69) is 5.32 Å². The molecule has 0 spiro atoms. The maximum atomic E-state index is 13.5. The minimum absolute atomic E-state index is 0.154. The molecule has 1 aliphatic rings. The molecule has 1 aliphatic heterocycles. The van der Waals surface area contributed by atoms with Crippen molar-refractivity contribution in [2.75, 3.05) is 31.5 Å². The maximum absolute atomic E-state index is 13.5. The SMILES string of the molecule is COC(=O)c1cc(OC)c(OC)cc1NC(=O)N1c2ccccc2Sc2ccccc21. The number of hydrogen-bond donors (Lipinski definition) is 1. The number of amides is 2. The molecule has 0 atom stereocenters. The van der Waals surface area contributed by atoms with E-state index in [1.807, 2.05) is 48.5 Å². The average molecular weight is 436 g/mol. The fourth-order valence-electron chi connectivity index (χ4n) is 3.36. The van der Waals surface area contributed by atoms with Crippen LogP contribution in [0.3, 0.4) is 0 Å². The van der Waals surface area contributed by atoms with Crippen LogP contribution in [0.4, 0.5) is 21.9 Å². The molecule has 0 aromatic heterocycles. The van der Waals surface area contributed by atoms with Gasteiger partial charge in [-0.05, 0) is 24.3 Å². The Bertz CT molecular complexity index is 1120. The Kier molecular flexibility index (Phi) is 5.73. The molecule has 158 valence electrons. The predicted octanol–water partition coefficient (Wildman–Crippen LogP) is 5.33. The van der Waals surface area contributed by atoms with Gasteiger partial charge in [-0.2, -0.15) is 0 Å². The van der Waals surface area contributed by atoms with Crippen LogP contribution in [0.1, 0.15) is 10.4 Å². The van der Waals surface area contributed by atoms with Crippen molar-refractivity contribution in [2.24, 2.45) is 0 Å². The number of nitrogens with one attached hydrogen (secondary N) is 1. The quantitative estimate of drug-likeness (QED) is 0.558. The third kappa shape index (κ3) is 3.77. The number of ether oxygens (including phenoxy) is 3. The molecule has 0 fully saturated rings. The largest absolute Gasteiger partial charge is 0.493 e. The summed E-state index contributed by atoms with van der Waals surface area (Å²) in [5, 5.41) is 2.84. The van der Waals surface area contributed by atoms with Crippen molar-refractivity contribution < 1.29 is 23.8 Å². The molecule has 0 radical (unpaired) electrons. The molecular formula is C23H20N2O5S. The van der Waals surface area contributed by atoms with Gasteiger partial charge in [-0.15, -0.1) is 0 Å². The van der Waals surface area contributed by atoms with Crippen molar-refractivity contribution in [3.63, 3.8) is 0 Å². The molecule has 4 rings (SSSR count). The van der Waals surface area contributed by atoms with Crippen molar-refractivity contribution in [3.05, 3.63) is 66.2 Å². The van der Waals surface area contributed by atoms with Gasteiger partial charge in [0.15, 0.2) is 11.5 Å². The molecule has 0 unspecified atom stereocenters. The van der Waals surface area contributed by atoms with Crippen LogP contribution in [0, 0.1) is 0 Å². The monoisotopic (exact) mass is 436 g/mol. The fraction of sp³-hybridized carbons (Fsp3) is 0.130. The molecule has 3 aromatic carbocycles. The first-order valence-electron chi connectivity index (χ1n) is 9.38. The van der Waals surface area contributed by atoms with Crippen molar-refractivity contribution in [2.45, 2.75) is 9.79 Å². The lowest BCUT2D eigenvalue weighted by Crippen LogP contribution is -2.33. The Hall–Kier alpha value is -3.65. The van der Waals surface area contributed by atoms with Crippen LogP contribution in [-0.4, -0.2) is 33.3 Å². The van der Waals surface area contributed by atoms with E-state index in [1.54, 1.807) is 22.7 Å². The zero-order chi connectivity index (χ0) is 22.0. The number of carbonyl (C=O) groups is 2. The van der Waals surface area contributed by atoms with Crippen LogP contribution >= 0.6 is 11.8 Å². The zero-order valence-electron chi connectivity index (χ0n) is 17.2. The second-order valence-electron chi connectivity index (χ2n) is 6.55. The Morgan fingerprint density at radius 3 is 1.94 bits per heavy atom. The normalized spacial score (nSPS) is 11.8. The van der Waals surface area contributed by atoms with Crippen LogP contribution in [0.15, 0.2) is 70.5 Å². The predicted molar refractivity (Wildman–Crippen MR) is 119 cm³/mol. The number of para-hydroxylation sites is 2. The second-order valence-corrected chi connectivity index (χ2v) is 7.63. The Balaban J connectivity index is 1.78. The van der Waals surface area contributed by atoms with E-state index < -0.39 is 12.0 Å². The highest BCUT2D eigenvalue weighted by Crippen LogP contribution is 2.48. The number of fused-ring (bicyclic) bond motifs is 2. The van der Waals surface area contributed by atoms with E-state index in [0.717, 1.165) is 21.2 Å². The Labute approximate surface area is 183 Å². The lowest BCUT2D eigenvalue weighted by Gasteiger charge is -2.31. The lowest BCUT2D eigenvalue weighted by atomic mass is 10.1. The Morgan fingerprint density at radius 1 is 0.839 bits per heavy atom. The summed E-state index contributed by atoms with van der Waals surface area (Å²) >= 11 is 1.60. The lowest BCUT2D eigenvalue weighted by molar-refractivity contribution is 0.0601. The van der Waals surface area contributed by atoms with Gasteiger partial charge in [0.1, 0.15) is 0 Å². The van der Waals surface area contributed by atoms with E-state index in [9.17, 15) is 9.59 Å². The van der Waals surface area contributed by atoms with Crippen LogP contribution in [-0.2, 0) is 4.74 Å². The van der Waals surface area contributed by atoms with Crippen LogP contribution in [0.5, 0.6) is 11.5 Å². The third-order valence-corrected chi connectivity index (χ3v) is 5.94. The average Bonchev–Trinajstić information content (AvgIpc) is 2.81.